The van der Waals surface area contributed by atoms with Gasteiger partial charge >= 0.3 is 0 Å². The molecule has 2 aliphatic rings. The van der Waals surface area contributed by atoms with Gasteiger partial charge in [0.25, 0.3) is 0 Å². The molecule has 3 aromatic rings. The van der Waals surface area contributed by atoms with E-state index in [0.29, 0.717) is 11.6 Å². The number of nitrogens with two attached hydrogens (primary N) is 1. The number of nitrogen functional groups attached to an aromatic ring is 1. The van der Waals surface area contributed by atoms with Crippen molar-refractivity contribution in [1.82, 2.24) is 9.97 Å². The summed E-state index contributed by atoms with van der Waals surface area (Å²) in [5.41, 5.74) is 12.5. The van der Waals surface area contributed by atoms with Gasteiger partial charge in [0.1, 0.15) is 11.6 Å². The third-order valence-electron chi connectivity index (χ3n) is 7.80. The number of benzene rings is 2. The molecule has 0 radical (unpaired) electrons. The smallest absolute Gasteiger partial charge is 0.138 e. The maximum atomic E-state index is 10.5. The highest BCUT2D eigenvalue weighted by Gasteiger charge is 2.32. The first-order valence-corrected chi connectivity index (χ1v) is 13.2. The lowest BCUT2D eigenvalue weighted by molar-refractivity contribution is 0.00651. The van der Waals surface area contributed by atoms with Gasteiger partial charge in [-0.15, -0.1) is 12.6 Å². The largest absolute Gasteiger partial charge is 0.399 e. The van der Waals surface area contributed by atoms with Gasteiger partial charge in [0.05, 0.1) is 17.2 Å². The Balaban J connectivity index is 1.54. The number of fused-ring (bicyclic) bond motifs is 3. The molecule has 0 saturated carbocycles. The molecule has 5 rings (SSSR count). The maximum absolute atomic E-state index is 10.5. The van der Waals surface area contributed by atoms with E-state index in [1.807, 2.05) is 39.0 Å². The van der Waals surface area contributed by atoms with Crippen LogP contribution in [0.2, 0.25) is 0 Å². The fourth-order valence-corrected chi connectivity index (χ4v) is 6.17. The van der Waals surface area contributed by atoms with Gasteiger partial charge in [-0.05, 0) is 107 Å². The summed E-state index contributed by atoms with van der Waals surface area (Å²) in [7, 11) is 0. The topological polar surface area (TPSA) is 87.3 Å². The van der Waals surface area contributed by atoms with E-state index in [1.165, 1.54) is 16.8 Å². The number of hydrogen-bond donors (Lipinski definition) is 4. The molecule has 1 atom stereocenters. The predicted molar refractivity (Wildman–Crippen MR) is 148 cm³/mol. The van der Waals surface area contributed by atoms with E-state index in [1.54, 1.807) is 0 Å². The molecular weight excluding hydrogens is 454 g/mol. The lowest BCUT2D eigenvalue weighted by Gasteiger charge is -2.39. The zero-order chi connectivity index (χ0) is 24.9. The van der Waals surface area contributed by atoms with Crippen molar-refractivity contribution in [1.29, 1.82) is 0 Å². The minimum Gasteiger partial charge on any atom is -0.399 e. The second kappa shape index (κ2) is 9.17. The van der Waals surface area contributed by atoms with Crippen molar-refractivity contribution in [3.05, 3.63) is 46.8 Å². The number of nitrogens with one attached hydrogen (secondary N) is 1. The fourth-order valence-electron chi connectivity index (χ4n) is 5.88. The van der Waals surface area contributed by atoms with Gasteiger partial charge in [0.2, 0.25) is 0 Å². The SMILES string of the molecule is Cc1nc(N[C@H](C)c2cc(N)cc(S)c2)c2cc(N3CCC(C(C)(C)O)CC3)c3c(c2n1)CCC3. The van der Waals surface area contributed by atoms with Crippen LogP contribution >= 0.6 is 12.6 Å². The molecule has 2 aromatic carbocycles. The normalized spacial score (nSPS) is 17.6. The molecule has 35 heavy (non-hydrogen) atoms. The molecule has 0 amide bonds. The Kier molecular flexibility index (Phi) is 6.34. The van der Waals surface area contributed by atoms with E-state index in [4.69, 9.17) is 15.7 Å². The molecule has 0 bridgehead atoms. The molecule has 1 fully saturated rings. The summed E-state index contributed by atoms with van der Waals surface area (Å²) in [5.74, 6) is 1.99. The number of aliphatic hydroxyl groups is 1. The molecule has 1 aliphatic heterocycles. The standard InChI is InChI=1S/C28H37N5OS/c1-16(18-12-20(29)14-21(35)13-18)30-27-24-15-25(33-10-8-19(9-11-33)28(3,4)34)22-6-5-7-23(22)26(24)31-17(2)32-27/h12-16,19,34-35H,5-11,29H2,1-4H3,(H,30,31,32)/t16-/m1/s1. The zero-order valence-corrected chi connectivity index (χ0v) is 22.1. The van der Waals surface area contributed by atoms with E-state index in [-0.39, 0.29) is 6.04 Å². The molecule has 1 saturated heterocycles. The van der Waals surface area contributed by atoms with Crippen molar-refractivity contribution >= 4 is 40.7 Å². The Bertz CT molecular complexity index is 1240. The fraction of sp³-hybridized carbons (Fsp3) is 0.500. The molecule has 4 N–H and O–H groups in total. The van der Waals surface area contributed by atoms with Crippen molar-refractivity contribution in [2.24, 2.45) is 5.92 Å². The summed E-state index contributed by atoms with van der Waals surface area (Å²) in [6.45, 7) is 9.91. The average Bonchev–Trinajstić information content (AvgIpc) is 3.28. The minimum atomic E-state index is -0.621. The lowest BCUT2D eigenvalue weighted by Crippen LogP contribution is -2.42. The second-order valence-electron chi connectivity index (χ2n) is 10.9. The number of hydrogen-bond acceptors (Lipinski definition) is 7. The van der Waals surface area contributed by atoms with Crippen molar-refractivity contribution in [2.45, 2.75) is 76.3 Å². The van der Waals surface area contributed by atoms with Crippen LogP contribution in [0.15, 0.2) is 29.2 Å². The first kappa shape index (κ1) is 24.2. The molecule has 1 aromatic heterocycles. The molecule has 1 aliphatic carbocycles. The number of rotatable bonds is 5. The monoisotopic (exact) mass is 491 g/mol. The molecular formula is C28H37N5OS. The molecule has 2 heterocycles. The molecule has 0 unspecified atom stereocenters. The van der Waals surface area contributed by atoms with E-state index >= 15 is 0 Å². The number of anilines is 3. The number of aryl methyl sites for hydroxylation is 2. The first-order chi connectivity index (χ1) is 16.6. The van der Waals surface area contributed by atoms with Crippen molar-refractivity contribution < 1.29 is 5.11 Å². The van der Waals surface area contributed by atoms with E-state index < -0.39 is 5.60 Å². The third kappa shape index (κ3) is 4.81. The maximum Gasteiger partial charge on any atom is 0.138 e. The molecule has 6 nitrogen and oxygen atoms in total. The van der Waals surface area contributed by atoms with Gasteiger partial charge in [0, 0.05) is 34.7 Å². The van der Waals surface area contributed by atoms with Crippen molar-refractivity contribution in [3.63, 3.8) is 0 Å². The highest BCUT2D eigenvalue weighted by Crippen LogP contribution is 2.41. The third-order valence-corrected chi connectivity index (χ3v) is 8.06. The molecule has 0 spiro atoms. The highest BCUT2D eigenvalue weighted by atomic mass is 32.1. The van der Waals surface area contributed by atoms with Gasteiger partial charge in [-0.2, -0.15) is 0 Å². The van der Waals surface area contributed by atoms with Crippen LogP contribution in [0.3, 0.4) is 0 Å². The number of thiol groups is 1. The van der Waals surface area contributed by atoms with E-state index in [9.17, 15) is 5.11 Å². The van der Waals surface area contributed by atoms with Gasteiger partial charge in [-0.3, -0.25) is 0 Å². The predicted octanol–water partition coefficient (Wildman–Crippen LogP) is 5.46. The van der Waals surface area contributed by atoms with Crippen molar-refractivity contribution in [2.75, 3.05) is 29.0 Å². The molecule has 7 heteroatoms. The zero-order valence-electron chi connectivity index (χ0n) is 21.2. The van der Waals surface area contributed by atoms with Gasteiger partial charge in [0.15, 0.2) is 0 Å². The van der Waals surface area contributed by atoms with Gasteiger partial charge < -0.3 is 21.1 Å². The summed E-state index contributed by atoms with van der Waals surface area (Å²) in [4.78, 5) is 13.1. The summed E-state index contributed by atoms with van der Waals surface area (Å²) in [6.07, 6.45) is 5.33. The minimum absolute atomic E-state index is 0.0149. The summed E-state index contributed by atoms with van der Waals surface area (Å²) < 4.78 is 0. The van der Waals surface area contributed by atoms with Crippen LogP contribution in [0.25, 0.3) is 10.9 Å². The van der Waals surface area contributed by atoms with Crippen LogP contribution in [-0.2, 0) is 12.8 Å². The molecule has 186 valence electrons. The Labute approximate surface area is 213 Å². The van der Waals surface area contributed by atoms with Crippen LogP contribution in [0.4, 0.5) is 17.2 Å². The summed E-state index contributed by atoms with van der Waals surface area (Å²) >= 11 is 4.51. The average molecular weight is 492 g/mol. The Hall–Kier alpha value is -2.51. The second-order valence-corrected chi connectivity index (χ2v) is 11.4. The summed E-state index contributed by atoms with van der Waals surface area (Å²) in [6, 6.07) is 8.22. The van der Waals surface area contributed by atoms with Crippen LogP contribution in [0.1, 0.15) is 68.6 Å². The number of piperidine rings is 1. The van der Waals surface area contributed by atoms with E-state index in [0.717, 1.165) is 78.2 Å². The highest BCUT2D eigenvalue weighted by molar-refractivity contribution is 7.80. The van der Waals surface area contributed by atoms with E-state index in [2.05, 4.69) is 35.8 Å². The Morgan fingerprint density at radius 2 is 1.83 bits per heavy atom. The Morgan fingerprint density at radius 1 is 1.11 bits per heavy atom. The Morgan fingerprint density at radius 3 is 2.51 bits per heavy atom. The van der Waals surface area contributed by atoms with Gasteiger partial charge in [-0.25, -0.2) is 9.97 Å². The number of nitrogens with zero attached hydrogens (tertiary/aromatic N) is 3. The van der Waals surface area contributed by atoms with Gasteiger partial charge in [-0.1, -0.05) is 0 Å². The lowest BCUT2D eigenvalue weighted by atomic mass is 9.83. The summed E-state index contributed by atoms with van der Waals surface area (Å²) in [5, 5.41) is 15.2. The first-order valence-electron chi connectivity index (χ1n) is 12.8. The van der Waals surface area contributed by atoms with Crippen molar-refractivity contribution in [3.8, 4) is 0 Å². The van der Waals surface area contributed by atoms with Crippen LogP contribution < -0.4 is 16.0 Å². The number of aromatic nitrogens is 2. The van der Waals surface area contributed by atoms with Crippen LogP contribution in [-0.4, -0.2) is 33.8 Å². The van der Waals surface area contributed by atoms with Crippen LogP contribution in [0.5, 0.6) is 0 Å². The quantitative estimate of drug-likeness (QED) is 0.280. The van der Waals surface area contributed by atoms with Crippen LogP contribution in [0, 0.1) is 12.8 Å².